The Hall–Kier alpha value is -0.450. The molecule has 2 rings (SSSR count). The first-order chi connectivity index (χ1) is 9.96. The number of hydrogen-bond acceptors (Lipinski definition) is 4. The molecular formula is C17H30N2OS. The molecule has 1 aromatic rings. The number of ether oxygens (including phenoxy) is 1. The molecule has 0 amide bonds. The molecule has 1 aromatic heterocycles. The van der Waals surface area contributed by atoms with Gasteiger partial charge in [0.05, 0.1) is 5.69 Å². The molecule has 0 saturated heterocycles. The SMILES string of the molecule is CCCc1nc(C2(OC)CCC(C)(C)CC2)sc1CNC. The van der Waals surface area contributed by atoms with Crippen molar-refractivity contribution in [3.63, 3.8) is 0 Å². The number of hydrogen-bond donors (Lipinski definition) is 1. The van der Waals surface area contributed by atoms with Crippen LogP contribution >= 0.6 is 11.3 Å². The van der Waals surface area contributed by atoms with Crippen molar-refractivity contribution in [3.8, 4) is 0 Å². The van der Waals surface area contributed by atoms with Gasteiger partial charge in [-0.2, -0.15) is 0 Å². The fourth-order valence-corrected chi connectivity index (χ4v) is 4.49. The summed E-state index contributed by atoms with van der Waals surface area (Å²) in [5.74, 6) is 0. The smallest absolute Gasteiger partial charge is 0.125 e. The molecule has 1 N–H and O–H groups in total. The number of rotatable bonds is 6. The Kier molecular flexibility index (Phi) is 5.44. The Morgan fingerprint density at radius 2 is 1.90 bits per heavy atom. The van der Waals surface area contributed by atoms with Crippen LogP contribution in [0.3, 0.4) is 0 Å². The maximum Gasteiger partial charge on any atom is 0.125 e. The Bertz CT molecular complexity index is 434. The molecule has 0 atom stereocenters. The van der Waals surface area contributed by atoms with Gasteiger partial charge in [0, 0.05) is 18.5 Å². The van der Waals surface area contributed by atoms with E-state index in [1.165, 1.54) is 28.4 Å². The third kappa shape index (κ3) is 3.66. The molecule has 0 aliphatic heterocycles. The third-order valence-electron chi connectivity index (χ3n) is 4.79. The van der Waals surface area contributed by atoms with E-state index < -0.39 is 0 Å². The van der Waals surface area contributed by atoms with Crippen molar-refractivity contribution in [3.05, 3.63) is 15.6 Å². The predicted molar refractivity (Wildman–Crippen MR) is 89.8 cm³/mol. The summed E-state index contributed by atoms with van der Waals surface area (Å²) in [6.45, 7) is 7.86. The van der Waals surface area contributed by atoms with Crippen molar-refractivity contribution in [2.24, 2.45) is 5.41 Å². The zero-order chi connectivity index (χ0) is 15.5. The fourth-order valence-electron chi connectivity index (χ4n) is 3.14. The van der Waals surface area contributed by atoms with E-state index in [0.717, 1.165) is 32.2 Å². The third-order valence-corrected chi connectivity index (χ3v) is 6.08. The topological polar surface area (TPSA) is 34.1 Å². The predicted octanol–water partition coefficient (Wildman–Crippen LogP) is 4.26. The van der Waals surface area contributed by atoms with Gasteiger partial charge in [-0.1, -0.05) is 27.2 Å². The summed E-state index contributed by atoms with van der Waals surface area (Å²) >= 11 is 1.86. The van der Waals surface area contributed by atoms with Gasteiger partial charge < -0.3 is 10.1 Å². The fraction of sp³-hybridized carbons (Fsp3) is 0.824. The molecule has 0 unspecified atom stereocenters. The summed E-state index contributed by atoms with van der Waals surface area (Å²) in [4.78, 5) is 6.37. The van der Waals surface area contributed by atoms with Crippen LogP contribution in [0.25, 0.3) is 0 Å². The van der Waals surface area contributed by atoms with E-state index in [1.54, 1.807) is 0 Å². The van der Waals surface area contributed by atoms with Gasteiger partial charge in [0.2, 0.25) is 0 Å². The van der Waals surface area contributed by atoms with Gasteiger partial charge in [-0.3, -0.25) is 0 Å². The Balaban J connectivity index is 2.28. The lowest BCUT2D eigenvalue weighted by Crippen LogP contribution is -2.36. The number of aromatic nitrogens is 1. The van der Waals surface area contributed by atoms with Gasteiger partial charge in [-0.15, -0.1) is 11.3 Å². The number of aryl methyl sites for hydroxylation is 1. The average molecular weight is 311 g/mol. The summed E-state index contributed by atoms with van der Waals surface area (Å²) in [7, 11) is 3.86. The highest BCUT2D eigenvalue weighted by atomic mass is 32.1. The number of methoxy groups -OCH3 is 1. The lowest BCUT2D eigenvalue weighted by molar-refractivity contribution is -0.0668. The number of thiazole rings is 1. The van der Waals surface area contributed by atoms with Gasteiger partial charge >= 0.3 is 0 Å². The molecule has 4 heteroatoms. The second-order valence-electron chi connectivity index (χ2n) is 7.03. The van der Waals surface area contributed by atoms with Gasteiger partial charge in [-0.05, 0) is 44.6 Å². The highest BCUT2D eigenvalue weighted by molar-refractivity contribution is 7.11. The molecule has 1 aliphatic rings. The molecule has 1 aliphatic carbocycles. The van der Waals surface area contributed by atoms with E-state index >= 15 is 0 Å². The molecule has 1 saturated carbocycles. The highest BCUT2D eigenvalue weighted by Gasteiger charge is 2.42. The van der Waals surface area contributed by atoms with Gasteiger partial charge in [0.25, 0.3) is 0 Å². The van der Waals surface area contributed by atoms with E-state index in [9.17, 15) is 0 Å². The average Bonchev–Trinajstić information content (AvgIpc) is 2.84. The first kappa shape index (κ1) is 16.9. The molecule has 0 aromatic carbocycles. The summed E-state index contributed by atoms with van der Waals surface area (Å²) in [5, 5.41) is 4.48. The van der Waals surface area contributed by atoms with Crippen LogP contribution in [0, 0.1) is 5.41 Å². The van der Waals surface area contributed by atoms with Crippen LogP contribution in [0.4, 0.5) is 0 Å². The molecule has 0 bridgehead atoms. The minimum absolute atomic E-state index is 0.144. The summed E-state index contributed by atoms with van der Waals surface area (Å²) in [5.41, 5.74) is 1.57. The second-order valence-corrected chi connectivity index (χ2v) is 8.12. The molecule has 0 radical (unpaired) electrons. The van der Waals surface area contributed by atoms with Crippen LogP contribution in [0.2, 0.25) is 0 Å². The standard InChI is InChI=1S/C17H30N2OS/c1-6-7-13-14(12-18-4)21-15(19-13)17(20-5)10-8-16(2,3)9-11-17/h18H,6-12H2,1-5H3. The Morgan fingerprint density at radius 3 is 2.43 bits per heavy atom. The normalized spacial score (nSPS) is 20.6. The summed E-state index contributed by atoms with van der Waals surface area (Å²) in [6, 6.07) is 0. The molecule has 0 spiro atoms. The minimum atomic E-state index is -0.144. The Labute approximate surface area is 133 Å². The highest BCUT2D eigenvalue weighted by Crippen LogP contribution is 2.48. The van der Waals surface area contributed by atoms with E-state index in [4.69, 9.17) is 9.72 Å². The molecular weight excluding hydrogens is 280 g/mol. The molecule has 1 heterocycles. The first-order valence-corrected chi connectivity index (χ1v) is 8.97. The molecule has 120 valence electrons. The van der Waals surface area contributed by atoms with Gasteiger partial charge in [0.15, 0.2) is 0 Å². The van der Waals surface area contributed by atoms with Crippen LogP contribution < -0.4 is 5.32 Å². The van der Waals surface area contributed by atoms with E-state index in [2.05, 4.69) is 26.1 Å². The largest absolute Gasteiger partial charge is 0.371 e. The monoisotopic (exact) mass is 310 g/mol. The van der Waals surface area contributed by atoms with Crippen molar-refractivity contribution >= 4 is 11.3 Å². The second kappa shape index (κ2) is 6.76. The summed E-state index contributed by atoms with van der Waals surface area (Å²) in [6.07, 6.45) is 6.82. The van der Waals surface area contributed by atoms with Crippen molar-refractivity contribution in [2.45, 2.75) is 71.4 Å². The van der Waals surface area contributed by atoms with Crippen molar-refractivity contribution < 1.29 is 4.74 Å². The zero-order valence-corrected chi connectivity index (χ0v) is 15.0. The number of nitrogens with one attached hydrogen (secondary N) is 1. The molecule has 3 nitrogen and oxygen atoms in total. The van der Waals surface area contributed by atoms with Crippen LogP contribution in [-0.4, -0.2) is 19.1 Å². The maximum atomic E-state index is 6.01. The Morgan fingerprint density at radius 1 is 1.24 bits per heavy atom. The van der Waals surface area contributed by atoms with Crippen LogP contribution in [0.1, 0.15) is 68.5 Å². The molecule has 1 fully saturated rings. The van der Waals surface area contributed by atoms with E-state index in [1.807, 2.05) is 25.5 Å². The van der Waals surface area contributed by atoms with E-state index in [0.29, 0.717) is 5.41 Å². The quantitative estimate of drug-likeness (QED) is 0.852. The van der Waals surface area contributed by atoms with Gasteiger partial charge in [0.1, 0.15) is 10.6 Å². The van der Waals surface area contributed by atoms with Crippen LogP contribution in [0.5, 0.6) is 0 Å². The van der Waals surface area contributed by atoms with Crippen molar-refractivity contribution in [2.75, 3.05) is 14.2 Å². The maximum absolute atomic E-state index is 6.01. The summed E-state index contributed by atoms with van der Waals surface area (Å²) < 4.78 is 6.01. The zero-order valence-electron chi connectivity index (χ0n) is 14.2. The van der Waals surface area contributed by atoms with Crippen LogP contribution in [-0.2, 0) is 23.3 Å². The number of nitrogens with zero attached hydrogens (tertiary/aromatic N) is 1. The van der Waals surface area contributed by atoms with E-state index in [-0.39, 0.29) is 5.60 Å². The lowest BCUT2D eigenvalue weighted by Gasteiger charge is -2.41. The van der Waals surface area contributed by atoms with Crippen molar-refractivity contribution in [1.82, 2.24) is 10.3 Å². The van der Waals surface area contributed by atoms with Gasteiger partial charge in [-0.25, -0.2) is 4.98 Å². The first-order valence-electron chi connectivity index (χ1n) is 8.15. The van der Waals surface area contributed by atoms with Crippen LogP contribution in [0.15, 0.2) is 0 Å². The lowest BCUT2D eigenvalue weighted by atomic mass is 9.71. The molecule has 21 heavy (non-hydrogen) atoms. The van der Waals surface area contributed by atoms with Crippen molar-refractivity contribution in [1.29, 1.82) is 0 Å². The minimum Gasteiger partial charge on any atom is -0.371 e.